The van der Waals surface area contributed by atoms with Crippen molar-refractivity contribution in [2.75, 3.05) is 7.05 Å². The van der Waals surface area contributed by atoms with Crippen LogP contribution in [0.1, 0.15) is 41.5 Å². The van der Waals surface area contributed by atoms with Crippen LogP contribution in [-0.2, 0) is 9.53 Å². The fourth-order valence-electron chi connectivity index (χ4n) is 1.25. The zero-order valence-corrected chi connectivity index (χ0v) is 11.8. The minimum absolute atomic E-state index is 0.233. The van der Waals surface area contributed by atoms with E-state index in [0.717, 1.165) is 0 Å². The molecule has 0 rings (SSSR count). The second-order valence-corrected chi connectivity index (χ2v) is 6.06. The van der Waals surface area contributed by atoms with E-state index in [4.69, 9.17) is 4.74 Å². The van der Waals surface area contributed by atoms with Crippen molar-refractivity contribution >= 4 is 12.0 Å². The lowest BCUT2D eigenvalue weighted by Gasteiger charge is -2.30. The maximum absolute atomic E-state index is 11.7. The van der Waals surface area contributed by atoms with Crippen molar-refractivity contribution in [2.45, 2.75) is 53.2 Å². The molecule has 2 N–H and O–H groups in total. The molecule has 0 heterocycles. The molecule has 0 fully saturated rings. The third-order valence-corrected chi connectivity index (χ3v) is 2.04. The smallest absolute Gasteiger partial charge is 0.408 e. The van der Waals surface area contributed by atoms with E-state index < -0.39 is 17.7 Å². The molecule has 5 heteroatoms. The van der Waals surface area contributed by atoms with Crippen molar-refractivity contribution in [3.63, 3.8) is 0 Å². The van der Waals surface area contributed by atoms with Gasteiger partial charge in [0.25, 0.3) is 0 Å². The lowest BCUT2D eigenvalue weighted by Crippen LogP contribution is -2.53. The highest BCUT2D eigenvalue weighted by atomic mass is 16.6. The average Bonchev–Trinajstić information content (AvgIpc) is 2.08. The molecular weight excluding hydrogens is 220 g/mol. The molecule has 0 aliphatic carbocycles. The number of carbonyl (C=O) groups is 2. The number of amides is 2. The zero-order valence-electron chi connectivity index (χ0n) is 11.8. The Morgan fingerprint density at radius 2 is 1.53 bits per heavy atom. The molecule has 0 aromatic carbocycles. The van der Waals surface area contributed by atoms with Crippen molar-refractivity contribution in [1.82, 2.24) is 10.6 Å². The van der Waals surface area contributed by atoms with Crippen LogP contribution in [-0.4, -0.2) is 30.7 Å². The highest BCUT2D eigenvalue weighted by Gasteiger charge is 2.33. The summed E-state index contributed by atoms with van der Waals surface area (Å²) in [5.74, 6) is -0.233. The van der Waals surface area contributed by atoms with Gasteiger partial charge in [0.1, 0.15) is 11.6 Å². The van der Waals surface area contributed by atoms with Crippen LogP contribution in [0.5, 0.6) is 0 Å². The van der Waals surface area contributed by atoms with Gasteiger partial charge in [0.05, 0.1) is 0 Å². The first-order valence-corrected chi connectivity index (χ1v) is 5.68. The Labute approximate surface area is 103 Å². The molecule has 0 saturated carbocycles. The summed E-state index contributed by atoms with van der Waals surface area (Å²) >= 11 is 0. The molecule has 1 unspecified atom stereocenters. The van der Waals surface area contributed by atoms with Gasteiger partial charge in [-0.1, -0.05) is 20.8 Å². The Hall–Kier alpha value is -1.26. The number of likely N-dealkylation sites (N-methyl/N-ethyl adjacent to an activating group) is 1. The summed E-state index contributed by atoms with van der Waals surface area (Å²) in [5, 5.41) is 5.12. The Bertz CT molecular complexity index is 287. The van der Waals surface area contributed by atoms with E-state index >= 15 is 0 Å². The maximum atomic E-state index is 11.7. The lowest BCUT2D eigenvalue weighted by molar-refractivity contribution is -0.125. The van der Waals surface area contributed by atoms with Gasteiger partial charge in [0.15, 0.2) is 0 Å². The van der Waals surface area contributed by atoms with E-state index in [1.54, 1.807) is 20.8 Å². The first-order valence-electron chi connectivity index (χ1n) is 5.68. The highest BCUT2D eigenvalue weighted by Crippen LogP contribution is 2.20. The SMILES string of the molecule is CNC(=O)C(NC(=O)OC(C)(C)C)C(C)(C)C. The standard InChI is InChI=1S/C12H24N2O3/c1-11(2,3)8(9(15)13-7)14-10(16)17-12(4,5)6/h8H,1-7H3,(H,13,15)(H,14,16). The molecular formula is C12H24N2O3. The molecule has 0 saturated heterocycles. The lowest BCUT2D eigenvalue weighted by atomic mass is 9.86. The van der Waals surface area contributed by atoms with Crippen molar-refractivity contribution in [2.24, 2.45) is 5.41 Å². The summed E-state index contributed by atoms with van der Waals surface area (Å²) in [4.78, 5) is 23.3. The van der Waals surface area contributed by atoms with Crippen LogP contribution in [0, 0.1) is 5.41 Å². The minimum atomic E-state index is -0.623. The van der Waals surface area contributed by atoms with Crippen molar-refractivity contribution in [3.8, 4) is 0 Å². The zero-order chi connectivity index (χ0) is 13.9. The molecule has 0 aromatic heterocycles. The molecule has 0 spiro atoms. The van der Waals surface area contributed by atoms with E-state index in [-0.39, 0.29) is 11.3 Å². The molecule has 0 aliphatic heterocycles. The van der Waals surface area contributed by atoms with Crippen LogP contribution in [0.15, 0.2) is 0 Å². The molecule has 100 valence electrons. The van der Waals surface area contributed by atoms with E-state index in [1.807, 2.05) is 20.8 Å². The van der Waals surface area contributed by atoms with Crippen LogP contribution in [0.3, 0.4) is 0 Å². The van der Waals surface area contributed by atoms with Crippen LogP contribution in [0.25, 0.3) is 0 Å². The normalized spacial score (nSPS) is 13.8. The predicted molar refractivity (Wildman–Crippen MR) is 66.7 cm³/mol. The number of ether oxygens (including phenoxy) is 1. The van der Waals surface area contributed by atoms with Gasteiger partial charge in [-0.2, -0.15) is 0 Å². The summed E-state index contributed by atoms with van der Waals surface area (Å²) in [5.41, 5.74) is -0.952. The number of rotatable bonds is 2. The minimum Gasteiger partial charge on any atom is -0.444 e. The fourth-order valence-corrected chi connectivity index (χ4v) is 1.25. The fraction of sp³-hybridized carbons (Fsp3) is 0.833. The number of hydrogen-bond acceptors (Lipinski definition) is 3. The van der Waals surface area contributed by atoms with Gasteiger partial charge >= 0.3 is 6.09 Å². The van der Waals surface area contributed by atoms with Gasteiger partial charge < -0.3 is 15.4 Å². The third-order valence-electron chi connectivity index (χ3n) is 2.04. The van der Waals surface area contributed by atoms with Gasteiger partial charge in [-0.3, -0.25) is 4.79 Å². The number of hydrogen-bond donors (Lipinski definition) is 2. The second-order valence-electron chi connectivity index (χ2n) is 6.06. The van der Waals surface area contributed by atoms with Crippen LogP contribution in [0.2, 0.25) is 0 Å². The van der Waals surface area contributed by atoms with Gasteiger partial charge in [0, 0.05) is 7.05 Å². The second kappa shape index (κ2) is 5.38. The first kappa shape index (κ1) is 15.7. The van der Waals surface area contributed by atoms with E-state index in [1.165, 1.54) is 7.05 Å². The Morgan fingerprint density at radius 3 is 1.82 bits per heavy atom. The molecule has 5 nitrogen and oxygen atoms in total. The largest absolute Gasteiger partial charge is 0.444 e. The molecule has 0 aromatic rings. The van der Waals surface area contributed by atoms with Crippen molar-refractivity contribution < 1.29 is 14.3 Å². The summed E-state index contributed by atoms with van der Waals surface area (Å²) < 4.78 is 5.13. The quantitative estimate of drug-likeness (QED) is 0.776. The van der Waals surface area contributed by atoms with E-state index in [2.05, 4.69) is 10.6 Å². The average molecular weight is 244 g/mol. The topological polar surface area (TPSA) is 67.4 Å². The molecule has 0 bridgehead atoms. The summed E-state index contributed by atoms with van der Waals surface area (Å²) in [6.45, 7) is 11.0. The Kier molecular flexibility index (Phi) is 4.98. The van der Waals surface area contributed by atoms with E-state index in [9.17, 15) is 9.59 Å². The first-order chi connectivity index (χ1) is 7.47. The summed E-state index contributed by atoms with van der Waals surface area (Å²) in [6, 6.07) is -0.623. The van der Waals surface area contributed by atoms with Gasteiger partial charge in [-0.25, -0.2) is 4.79 Å². The van der Waals surface area contributed by atoms with Crippen LogP contribution >= 0.6 is 0 Å². The molecule has 0 aliphatic rings. The van der Waals surface area contributed by atoms with Crippen molar-refractivity contribution in [1.29, 1.82) is 0 Å². The van der Waals surface area contributed by atoms with Gasteiger partial charge in [0.2, 0.25) is 5.91 Å². The van der Waals surface area contributed by atoms with Crippen molar-refractivity contribution in [3.05, 3.63) is 0 Å². The monoisotopic (exact) mass is 244 g/mol. The molecule has 17 heavy (non-hydrogen) atoms. The Morgan fingerprint density at radius 1 is 1.06 bits per heavy atom. The van der Waals surface area contributed by atoms with Gasteiger partial charge in [-0.05, 0) is 26.2 Å². The van der Waals surface area contributed by atoms with E-state index in [0.29, 0.717) is 0 Å². The molecule has 2 amide bonds. The third kappa shape index (κ3) is 6.14. The molecule has 1 atom stereocenters. The number of alkyl carbamates (subject to hydrolysis) is 1. The number of nitrogens with one attached hydrogen (secondary N) is 2. The predicted octanol–water partition coefficient (Wildman–Crippen LogP) is 1.67. The molecule has 0 radical (unpaired) electrons. The Balaban J connectivity index is 4.67. The van der Waals surface area contributed by atoms with Crippen LogP contribution < -0.4 is 10.6 Å². The summed E-state index contributed by atoms with van der Waals surface area (Å²) in [7, 11) is 1.54. The number of carbonyl (C=O) groups excluding carboxylic acids is 2. The van der Waals surface area contributed by atoms with Crippen LogP contribution in [0.4, 0.5) is 4.79 Å². The summed E-state index contributed by atoms with van der Waals surface area (Å²) in [6.07, 6.45) is -0.582. The van der Waals surface area contributed by atoms with Gasteiger partial charge in [-0.15, -0.1) is 0 Å². The maximum Gasteiger partial charge on any atom is 0.408 e. The highest BCUT2D eigenvalue weighted by molar-refractivity contribution is 5.86.